The topological polar surface area (TPSA) is 85.3 Å². The molecule has 3 aromatic rings. The van der Waals surface area contributed by atoms with Gasteiger partial charge < -0.3 is 20.1 Å². The number of hydrogen-bond acceptors (Lipinski definition) is 5. The van der Waals surface area contributed by atoms with Crippen LogP contribution in [-0.2, 0) is 0 Å². The maximum atomic E-state index is 9.96. The van der Waals surface area contributed by atoms with E-state index in [0.717, 1.165) is 47.1 Å². The summed E-state index contributed by atoms with van der Waals surface area (Å²) in [5.74, 6) is 1.75. The minimum atomic E-state index is -0.322. The van der Waals surface area contributed by atoms with E-state index in [9.17, 15) is 10.2 Å². The van der Waals surface area contributed by atoms with E-state index in [1.807, 2.05) is 13.0 Å². The van der Waals surface area contributed by atoms with E-state index in [1.54, 1.807) is 12.1 Å². The molecule has 2 aromatic heterocycles. The average molecular weight is 298 g/mol. The first-order valence-corrected chi connectivity index (χ1v) is 7.54. The summed E-state index contributed by atoms with van der Waals surface area (Å²) >= 11 is 0. The van der Waals surface area contributed by atoms with Gasteiger partial charge >= 0.3 is 0 Å². The Morgan fingerprint density at radius 2 is 2.18 bits per heavy atom. The lowest BCUT2D eigenvalue weighted by atomic mass is 10.1. The van der Waals surface area contributed by atoms with Gasteiger partial charge in [0.05, 0.1) is 11.5 Å². The van der Waals surface area contributed by atoms with Gasteiger partial charge in [0.2, 0.25) is 0 Å². The van der Waals surface area contributed by atoms with E-state index in [4.69, 9.17) is 0 Å². The summed E-state index contributed by atoms with van der Waals surface area (Å²) < 4.78 is 0. The SMILES string of the molecule is Cc1nc(N2CCCC(O)C2)c2c(n1)[nH]c1ccc(O)cc12. The fourth-order valence-electron chi connectivity index (χ4n) is 3.25. The van der Waals surface area contributed by atoms with Gasteiger partial charge in [-0.1, -0.05) is 0 Å². The lowest BCUT2D eigenvalue weighted by Gasteiger charge is -2.31. The zero-order valence-corrected chi connectivity index (χ0v) is 12.4. The zero-order valence-electron chi connectivity index (χ0n) is 12.4. The molecule has 1 aliphatic heterocycles. The molecule has 1 aliphatic rings. The molecule has 1 atom stereocenters. The second-order valence-corrected chi connectivity index (χ2v) is 5.91. The molecular formula is C16H18N4O2. The Kier molecular flexibility index (Phi) is 2.94. The number of aliphatic hydroxyl groups excluding tert-OH is 1. The maximum Gasteiger partial charge on any atom is 0.144 e. The first-order valence-electron chi connectivity index (χ1n) is 7.54. The number of nitrogens with zero attached hydrogens (tertiary/aromatic N) is 3. The summed E-state index contributed by atoms with van der Waals surface area (Å²) in [6, 6.07) is 5.23. The van der Waals surface area contributed by atoms with E-state index in [2.05, 4.69) is 19.9 Å². The zero-order chi connectivity index (χ0) is 15.3. The minimum absolute atomic E-state index is 0.221. The third kappa shape index (κ3) is 2.07. The summed E-state index contributed by atoms with van der Waals surface area (Å²) in [6.07, 6.45) is 1.45. The Morgan fingerprint density at radius 1 is 1.32 bits per heavy atom. The van der Waals surface area contributed by atoms with Crippen LogP contribution in [0.2, 0.25) is 0 Å². The second-order valence-electron chi connectivity index (χ2n) is 5.91. The van der Waals surface area contributed by atoms with Crippen LogP contribution >= 0.6 is 0 Å². The van der Waals surface area contributed by atoms with Crippen LogP contribution in [0.3, 0.4) is 0 Å². The number of phenols is 1. The van der Waals surface area contributed by atoms with Crippen LogP contribution in [0, 0.1) is 6.92 Å². The highest BCUT2D eigenvalue weighted by Gasteiger charge is 2.23. The molecule has 0 saturated carbocycles. The first kappa shape index (κ1) is 13.3. The van der Waals surface area contributed by atoms with Crippen molar-refractivity contribution in [2.45, 2.75) is 25.9 Å². The Morgan fingerprint density at radius 3 is 3.00 bits per heavy atom. The quantitative estimate of drug-likeness (QED) is 0.640. The van der Waals surface area contributed by atoms with E-state index in [0.29, 0.717) is 12.4 Å². The highest BCUT2D eigenvalue weighted by atomic mass is 16.3. The highest BCUT2D eigenvalue weighted by molar-refractivity contribution is 6.11. The Bertz CT molecular complexity index is 858. The van der Waals surface area contributed by atoms with Crippen LogP contribution in [0.5, 0.6) is 5.75 Å². The van der Waals surface area contributed by atoms with Gasteiger partial charge in [0.15, 0.2) is 0 Å². The van der Waals surface area contributed by atoms with Crippen LogP contribution in [0.15, 0.2) is 18.2 Å². The molecule has 114 valence electrons. The average Bonchev–Trinajstić information content (AvgIpc) is 2.83. The van der Waals surface area contributed by atoms with Crippen molar-refractivity contribution in [3.05, 3.63) is 24.0 Å². The van der Waals surface area contributed by atoms with E-state index in [-0.39, 0.29) is 11.9 Å². The molecular weight excluding hydrogens is 280 g/mol. The molecule has 0 bridgehead atoms. The predicted octanol–water partition coefficient (Wildman–Crippen LogP) is 2.09. The maximum absolute atomic E-state index is 9.96. The fraction of sp³-hybridized carbons (Fsp3) is 0.375. The number of β-amino-alcohol motifs (C(OH)–C–C–N with tert-alkyl or cyclic N) is 1. The number of aliphatic hydroxyl groups is 1. The number of hydrogen-bond donors (Lipinski definition) is 3. The van der Waals surface area contributed by atoms with Gasteiger partial charge in [0.25, 0.3) is 0 Å². The fourth-order valence-corrected chi connectivity index (χ4v) is 3.25. The van der Waals surface area contributed by atoms with Gasteiger partial charge in [0.1, 0.15) is 23.0 Å². The van der Waals surface area contributed by atoms with Gasteiger partial charge in [-0.15, -0.1) is 0 Å². The Balaban J connectivity index is 1.99. The first-order chi connectivity index (χ1) is 10.6. The van der Waals surface area contributed by atoms with E-state index < -0.39 is 0 Å². The van der Waals surface area contributed by atoms with Crippen molar-refractivity contribution in [3.63, 3.8) is 0 Å². The normalized spacial score (nSPS) is 19.2. The number of aromatic nitrogens is 3. The molecule has 1 unspecified atom stereocenters. The van der Waals surface area contributed by atoms with Crippen molar-refractivity contribution in [1.82, 2.24) is 15.0 Å². The van der Waals surface area contributed by atoms with Crippen molar-refractivity contribution < 1.29 is 10.2 Å². The molecule has 0 aliphatic carbocycles. The third-order valence-corrected chi connectivity index (χ3v) is 4.22. The number of benzene rings is 1. The molecule has 6 nitrogen and oxygen atoms in total. The standard InChI is InChI=1S/C16H18N4O2/c1-9-17-15-14(12-7-10(21)4-5-13(12)19-15)16(18-9)20-6-2-3-11(22)8-20/h4-5,7,11,21-22H,2-3,6,8H2,1H3,(H,17,18,19). The lowest BCUT2D eigenvalue weighted by molar-refractivity contribution is 0.154. The number of piperidine rings is 1. The van der Waals surface area contributed by atoms with Crippen molar-refractivity contribution in [3.8, 4) is 5.75 Å². The molecule has 0 amide bonds. The molecule has 0 radical (unpaired) electrons. The molecule has 3 heterocycles. The predicted molar refractivity (Wildman–Crippen MR) is 85.3 cm³/mol. The number of H-pyrrole nitrogens is 1. The van der Waals surface area contributed by atoms with Gasteiger partial charge in [-0.3, -0.25) is 0 Å². The highest BCUT2D eigenvalue weighted by Crippen LogP contribution is 2.34. The number of aromatic hydroxyl groups is 1. The van der Waals surface area contributed by atoms with E-state index >= 15 is 0 Å². The van der Waals surface area contributed by atoms with Crippen molar-refractivity contribution >= 4 is 27.8 Å². The number of phenolic OH excluding ortho intramolecular Hbond substituents is 1. The van der Waals surface area contributed by atoms with Crippen molar-refractivity contribution in [1.29, 1.82) is 0 Å². The van der Waals surface area contributed by atoms with Crippen LogP contribution in [0.4, 0.5) is 5.82 Å². The van der Waals surface area contributed by atoms with Gasteiger partial charge in [-0.05, 0) is 38.0 Å². The minimum Gasteiger partial charge on any atom is -0.508 e. The second kappa shape index (κ2) is 4.84. The monoisotopic (exact) mass is 298 g/mol. The summed E-state index contributed by atoms with van der Waals surface area (Å²) in [7, 11) is 0. The summed E-state index contributed by atoms with van der Waals surface area (Å²) in [6.45, 7) is 3.32. The molecule has 4 rings (SSSR count). The molecule has 1 fully saturated rings. The summed E-state index contributed by atoms with van der Waals surface area (Å²) in [5.41, 5.74) is 1.69. The molecule has 6 heteroatoms. The van der Waals surface area contributed by atoms with Gasteiger partial charge in [0, 0.05) is 24.0 Å². The third-order valence-electron chi connectivity index (χ3n) is 4.22. The van der Waals surface area contributed by atoms with Gasteiger partial charge in [-0.2, -0.15) is 0 Å². The molecule has 0 spiro atoms. The number of aromatic amines is 1. The van der Waals surface area contributed by atoms with Crippen LogP contribution < -0.4 is 4.90 Å². The van der Waals surface area contributed by atoms with Crippen molar-refractivity contribution in [2.24, 2.45) is 0 Å². The van der Waals surface area contributed by atoms with Gasteiger partial charge in [-0.25, -0.2) is 9.97 Å². The van der Waals surface area contributed by atoms with Crippen LogP contribution in [0.1, 0.15) is 18.7 Å². The molecule has 1 saturated heterocycles. The number of rotatable bonds is 1. The summed E-state index contributed by atoms with van der Waals surface area (Å²) in [5, 5.41) is 21.6. The van der Waals surface area contributed by atoms with Crippen molar-refractivity contribution in [2.75, 3.05) is 18.0 Å². The molecule has 1 aromatic carbocycles. The smallest absolute Gasteiger partial charge is 0.144 e. The van der Waals surface area contributed by atoms with Crippen LogP contribution in [0.25, 0.3) is 21.9 Å². The number of fused-ring (bicyclic) bond motifs is 3. The summed E-state index contributed by atoms with van der Waals surface area (Å²) in [4.78, 5) is 14.5. The molecule has 3 N–H and O–H groups in total. The number of aryl methyl sites for hydroxylation is 1. The Labute approximate surface area is 127 Å². The lowest BCUT2D eigenvalue weighted by Crippen LogP contribution is -2.38. The largest absolute Gasteiger partial charge is 0.508 e. The van der Waals surface area contributed by atoms with Crippen LogP contribution in [-0.4, -0.2) is 44.4 Å². The molecule has 22 heavy (non-hydrogen) atoms. The number of anilines is 1. The Hall–Kier alpha value is -2.34. The van der Waals surface area contributed by atoms with E-state index in [1.165, 1.54) is 0 Å². The number of nitrogens with one attached hydrogen (secondary N) is 1.